The van der Waals surface area contributed by atoms with E-state index in [2.05, 4.69) is 27.2 Å². The lowest BCUT2D eigenvalue weighted by molar-refractivity contribution is -0.140. The summed E-state index contributed by atoms with van der Waals surface area (Å²) in [5.41, 5.74) is 0.369. The molecule has 1 aliphatic rings. The van der Waals surface area contributed by atoms with Crippen LogP contribution in [0.25, 0.3) is 10.9 Å². The second-order valence-electron chi connectivity index (χ2n) is 8.62. The smallest absolute Gasteiger partial charge is 0.246 e. The Morgan fingerprint density at radius 2 is 2.08 bits per heavy atom. The van der Waals surface area contributed by atoms with E-state index in [1.165, 1.54) is 24.4 Å². The molecule has 2 atom stereocenters. The Labute approximate surface area is 227 Å². The number of nitrogens with one attached hydrogen (secondary N) is 2. The van der Waals surface area contributed by atoms with E-state index in [4.69, 9.17) is 26.2 Å². The van der Waals surface area contributed by atoms with Gasteiger partial charge in [0.05, 0.1) is 24.9 Å². The van der Waals surface area contributed by atoms with Crippen LogP contribution in [0.1, 0.15) is 12.8 Å². The second kappa shape index (κ2) is 12.2. The molecule has 0 aliphatic carbocycles. The number of nitrogens with zero attached hydrogens (tertiary/aromatic N) is 3. The maximum Gasteiger partial charge on any atom is 0.246 e. The van der Waals surface area contributed by atoms with E-state index in [1.54, 1.807) is 12.1 Å². The molecular formula is C26H26ClF2N5O5. The fourth-order valence-corrected chi connectivity index (χ4v) is 4.48. The van der Waals surface area contributed by atoms with Gasteiger partial charge in [0.25, 0.3) is 0 Å². The van der Waals surface area contributed by atoms with Crippen LogP contribution >= 0.6 is 11.6 Å². The van der Waals surface area contributed by atoms with Gasteiger partial charge in [-0.2, -0.15) is 0 Å². The van der Waals surface area contributed by atoms with Gasteiger partial charge in [-0.15, -0.1) is 0 Å². The summed E-state index contributed by atoms with van der Waals surface area (Å²) in [5, 5.41) is 14.3. The molecule has 206 valence electrons. The van der Waals surface area contributed by atoms with Crippen LogP contribution in [0.15, 0.2) is 43.2 Å². The Hall–Kier alpha value is -4.03. The lowest BCUT2D eigenvalue weighted by Gasteiger charge is -2.38. The van der Waals surface area contributed by atoms with Gasteiger partial charge in [0, 0.05) is 37.4 Å². The number of halogens is 3. The predicted octanol–water partition coefficient (Wildman–Crippen LogP) is 3.35. The van der Waals surface area contributed by atoms with E-state index in [-0.39, 0.29) is 43.5 Å². The van der Waals surface area contributed by atoms with Gasteiger partial charge >= 0.3 is 0 Å². The number of aliphatic hydroxyl groups excluding tert-OH is 1. The van der Waals surface area contributed by atoms with Crippen LogP contribution in [0.5, 0.6) is 11.5 Å². The Morgan fingerprint density at radius 3 is 2.79 bits per heavy atom. The van der Waals surface area contributed by atoms with Crippen molar-refractivity contribution in [2.75, 3.05) is 32.1 Å². The quantitative estimate of drug-likeness (QED) is 0.268. The molecule has 2 amide bonds. The van der Waals surface area contributed by atoms with Crippen molar-refractivity contribution in [2.24, 2.45) is 0 Å². The molecule has 3 aromatic rings. The first-order valence-electron chi connectivity index (χ1n) is 12.0. The molecule has 2 heterocycles. The number of hydrogen-bond acceptors (Lipinski definition) is 8. The lowest BCUT2D eigenvalue weighted by Crippen LogP contribution is -2.55. The van der Waals surface area contributed by atoms with Crippen LogP contribution in [0, 0.1) is 11.6 Å². The molecule has 2 unspecified atom stereocenters. The van der Waals surface area contributed by atoms with Gasteiger partial charge < -0.3 is 30.1 Å². The zero-order valence-corrected chi connectivity index (χ0v) is 21.7. The molecule has 1 fully saturated rings. The van der Waals surface area contributed by atoms with Crippen molar-refractivity contribution < 1.29 is 33.0 Å². The molecule has 0 saturated carbocycles. The van der Waals surface area contributed by atoms with E-state index < -0.39 is 34.7 Å². The van der Waals surface area contributed by atoms with Gasteiger partial charge in [-0.25, -0.2) is 18.7 Å². The Kier molecular flexibility index (Phi) is 8.77. The molecule has 2 aromatic carbocycles. The monoisotopic (exact) mass is 561 g/mol. The number of piperidine rings is 1. The van der Waals surface area contributed by atoms with Crippen molar-refractivity contribution >= 4 is 45.8 Å². The number of aliphatic hydroxyl groups is 1. The number of fused-ring (bicyclic) bond motifs is 1. The zero-order valence-electron chi connectivity index (χ0n) is 20.9. The minimum Gasteiger partial charge on any atom is -0.493 e. The largest absolute Gasteiger partial charge is 0.493 e. The molecule has 1 aliphatic heterocycles. The van der Waals surface area contributed by atoms with Crippen LogP contribution in [-0.4, -0.2) is 70.7 Å². The van der Waals surface area contributed by atoms with Gasteiger partial charge in [-0.05, 0) is 24.3 Å². The number of likely N-dealkylation sites (tertiary alicyclic amines) is 1. The molecule has 4 rings (SSSR count). The van der Waals surface area contributed by atoms with Gasteiger partial charge in [0.2, 0.25) is 11.8 Å². The van der Waals surface area contributed by atoms with Crippen LogP contribution in [0.2, 0.25) is 5.02 Å². The van der Waals surface area contributed by atoms with E-state index in [9.17, 15) is 18.4 Å². The number of rotatable bonds is 9. The van der Waals surface area contributed by atoms with E-state index in [1.807, 2.05) is 0 Å². The first kappa shape index (κ1) is 28.0. The first-order valence-corrected chi connectivity index (χ1v) is 12.4. The molecule has 1 aromatic heterocycles. The highest BCUT2D eigenvalue weighted by Gasteiger charge is 2.36. The fraction of sp³-hybridized carbons (Fsp3) is 0.308. The Bertz CT molecular complexity index is 1410. The van der Waals surface area contributed by atoms with Crippen molar-refractivity contribution in [3.63, 3.8) is 0 Å². The lowest BCUT2D eigenvalue weighted by atomic mass is 9.98. The van der Waals surface area contributed by atoms with Crippen LogP contribution in [-0.2, 0) is 9.59 Å². The standard InChI is InChI=1S/C26H26ClF2N5O5/c1-3-22(36)34-8-6-14(10-19(34)26(37)30-7-9-35)39-21-11-15-18(12-20(21)38-2)31-13-32-25(15)33-17-5-4-16(28)23(27)24(17)29/h3-5,11-14,19,35H,1,6-10H2,2H3,(H,30,37)(H,31,32,33). The normalized spacial score (nSPS) is 17.0. The van der Waals surface area contributed by atoms with Crippen LogP contribution in [0.3, 0.4) is 0 Å². The molecule has 0 spiro atoms. The highest BCUT2D eigenvalue weighted by molar-refractivity contribution is 6.31. The van der Waals surface area contributed by atoms with Crippen LogP contribution in [0.4, 0.5) is 20.3 Å². The summed E-state index contributed by atoms with van der Waals surface area (Å²) < 4.78 is 39.9. The average Bonchev–Trinajstić information content (AvgIpc) is 2.95. The minimum atomic E-state index is -0.972. The third-order valence-corrected chi connectivity index (χ3v) is 6.57. The van der Waals surface area contributed by atoms with Gasteiger partial charge in [0.15, 0.2) is 17.3 Å². The van der Waals surface area contributed by atoms with Crippen molar-refractivity contribution in [3.8, 4) is 11.5 Å². The van der Waals surface area contributed by atoms with Crippen molar-refractivity contribution in [3.05, 3.63) is 59.9 Å². The van der Waals surface area contributed by atoms with Gasteiger partial charge in [0.1, 0.15) is 35.1 Å². The number of aromatic nitrogens is 2. The number of carbonyl (C=O) groups excluding carboxylic acids is 2. The van der Waals surface area contributed by atoms with Gasteiger partial charge in [-0.1, -0.05) is 18.2 Å². The van der Waals surface area contributed by atoms with E-state index in [0.29, 0.717) is 28.8 Å². The average molecular weight is 562 g/mol. The highest BCUT2D eigenvalue weighted by atomic mass is 35.5. The van der Waals surface area contributed by atoms with E-state index in [0.717, 1.165) is 12.1 Å². The van der Waals surface area contributed by atoms with Crippen LogP contribution < -0.4 is 20.1 Å². The number of hydrogen-bond donors (Lipinski definition) is 3. The number of carbonyl (C=O) groups is 2. The minimum absolute atomic E-state index is 0.0467. The summed E-state index contributed by atoms with van der Waals surface area (Å²) in [5.74, 6) is -1.80. The maximum atomic E-state index is 14.5. The highest BCUT2D eigenvalue weighted by Crippen LogP contribution is 2.37. The number of anilines is 2. The number of benzene rings is 2. The third kappa shape index (κ3) is 6.02. The second-order valence-corrected chi connectivity index (χ2v) is 9.00. The molecule has 0 radical (unpaired) electrons. The molecule has 3 N–H and O–H groups in total. The topological polar surface area (TPSA) is 126 Å². The summed E-state index contributed by atoms with van der Waals surface area (Å²) in [6.07, 6.45) is 2.53. The first-order chi connectivity index (χ1) is 18.8. The number of amides is 2. The van der Waals surface area contributed by atoms with E-state index >= 15 is 0 Å². The summed E-state index contributed by atoms with van der Waals surface area (Å²) in [4.78, 5) is 35.0. The SMILES string of the molecule is C=CC(=O)N1CCC(Oc2cc3c(Nc4ccc(F)c(Cl)c4F)ncnc3cc2OC)CC1C(=O)NCCO. The zero-order chi connectivity index (χ0) is 28.1. The van der Waals surface area contributed by atoms with Crippen molar-refractivity contribution in [2.45, 2.75) is 25.0 Å². The maximum absolute atomic E-state index is 14.5. The molecule has 10 nitrogen and oxygen atoms in total. The summed E-state index contributed by atoms with van der Waals surface area (Å²) in [6, 6.07) is 4.63. The number of methoxy groups -OCH3 is 1. The molecule has 13 heteroatoms. The predicted molar refractivity (Wildman–Crippen MR) is 140 cm³/mol. The Balaban J connectivity index is 1.64. The molecular weight excluding hydrogens is 536 g/mol. The number of ether oxygens (including phenoxy) is 2. The summed E-state index contributed by atoms with van der Waals surface area (Å²) in [7, 11) is 1.46. The fourth-order valence-electron chi connectivity index (χ4n) is 4.31. The molecule has 0 bridgehead atoms. The third-order valence-electron chi connectivity index (χ3n) is 6.23. The molecule has 1 saturated heterocycles. The summed E-state index contributed by atoms with van der Waals surface area (Å²) in [6.45, 7) is 3.55. The van der Waals surface area contributed by atoms with Gasteiger partial charge in [-0.3, -0.25) is 9.59 Å². The Morgan fingerprint density at radius 1 is 1.28 bits per heavy atom. The van der Waals surface area contributed by atoms with Crippen molar-refractivity contribution in [1.82, 2.24) is 20.2 Å². The summed E-state index contributed by atoms with van der Waals surface area (Å²) >= 11 is 5.71. The van der Waals surface area contributed by atoms with Crippen molar-refractivity contribution in [1.29, 1.82) is 0 Å². The molecule has 39 heavy (non-hydrogen) atoms.